The molecule has 0 aromatic carbocycles. The molecule has 2 amide bonds. The molecule has 1 fully saturated rings. The summed E-state index contributed by atoms with van der Waals surface area (Å²) in [6.07, 6.45) is 2.09. The number of rotatable bonds is 5. The van der Waals surface area contributed by atoms with E-state index in [4.69, 9.17) is 5.11 Å². The average Bonchev–Trinajstić information content (AvgIpc) is 2.28. The summed E-state index contributed by atoms with van der Waals surface area (Å²) in [4.78, 5) is 22.5. The average molecular weight is 274 g/mol. The third kappa shape index (κ3) is 5.62. The van der Waals surface area contributed by atoms with Crippen LogP contribution in [0.5, 0.6) is 0 Å². The van der Waals surface area contributed by atoms with Crippen molar-refractivity contribution in [2.75, 3.05) is 11.5 Å². The van der Waals surface area contributed by atoms with Crippen LogP contribution in [0.25, 0.3) is 0 Å². The molecule has 1 aliphatic rings. The van der Waals surface area contributed by atoms with Gasteiger partial charge < -0.3 is 15.7 Å². The predicted molar refractivity (Wildman–Crippen MR) is 72.9 cm³/mol. The SMILES string of the molecule is CC(C)C(CC(=O)O)NC(=O)NC1CCCSC1. The zero-order valence-corrected chi connectivity index (χ0v) is 11.8. The summed E-state index contributed by atoms with van der Waals surface area (Å²) in [6.45, 7) is 3.81. The molecule has 18 heavy (non-hydrogen) atoms. The fraction of sp³-hybridized carbons (Fsp3) is 0.833. The van der Waals surface area contributed by atoms with Gasteiger partial charge in [0.2, 0.25) is 0 Å². The maximum Gasteiger partial charge on any atom is 0.315 e. The second kappa shape index (κ2) is 7.51. The van der Waals surface area contributed by atoms with Gasteiger partial charge in [-0.15, -0.1) is 0 Å². The molecule has 1 aliphatic heterocycles. The molecule has 2 unspecified atom stereocenters. The van der Waals surface area contributed by atoms with Crippen LogP contribution in [0.4, 0.5) is 4.79 Å². The van der Waals surface area contributed by atoms with Gasteiger partial charge in [-0.25, -0.2) is 4.79 Å². The van der Waals surface area contributed by atoms with Crippen LogP contribution >= 0.6 is 11.8 Å². The number of carboxylic acids is 1. The molecule has 6 heteroatoms. The van der Waals surface area contributed by atoms with Gasteiger partial charge in [0, 0.05) is 17.8 Å². The number of thioether (sulfide) groups is 1. The number of carboxylic acid groups (broad SMARTS) is 1. The van der Waals surface area contributed by atoms with Crippen LogP contribution in [-0.4, -0.2) is 40.7 Å². The van der Waals surface area contributed by atoms with Gasteiger partial charge in [-0.3, -0.25) is 4.79 Å². The zero-order valence-electron chi connectivity index (χ0n) is 10.9. The third-order valence-electron chi connectivity index (χ3n) is 3.01. The van der Waals surface area contributed by atoms with Crippen molar-refractivity contribution in [3.05, 3.63) is 0 Å². The van der Waals surface area contributed by atoms with Crippen LogP contribution in [0.15, 0.2) is 0 Å². The zero-order chi connectivity index (χ0) is 13.5. The molecule has 3 N–H and O–H groups in total. The molecule has 0 spiro atoms. The molecule has 0 bridgehead atoms. The topological polar surface area (TPSA) is 78.4 Å². The predicted octanol–water partition coefficient (Wildman–Crippen LogP) is 1.68. The third-order valence-corrected chi connectivity index (χ3v) is 4.23. The van der Waals surface area contributed by atoms with Crippen LogP contribution in [0.3, 0.4) is 0 Å². The van der Waals surface area contributed by atoms with Crippen molar-refractivity contribution >= 4 is 23.8 Å². The molecule has 2 atom stereocenters. The molecule has 0 aromatic rings. The highest BCUT2D eigenvalue weighted by molar-refractivity contribution is 7.99. The van der Waals surface area contributed by atoms with E-state index < -0.39 is 5.97 Å². The van der Waals surface area contributed by atoms with Gasteiger partial charge in [0.25, 0.3) is 0 Å². The molecular formula is C12H22N2O3S. The number of amides is 2. The Bertz CT molecular complexity index is 291. The van der Waals surface area contributed by atoms with Crippen molar-refractivity contribution in [1.82, 2.24) is 10.6 Å². The van der Waals surface area contributed by atoms with Gasteiger partial charge in [-0.1, -0.05) is 13.8 Å². The number of carbonyl (C=O) groups is 2. The second-order valence-electron chi connectivity index (χ2n) is 4.98. The first-order valence-electron chi connectivity index (χ1n) is 6.35. The maximum atomic E-state index is 11.8. The van der Waals surface area contributed by atoms with Gasteiger partial charge in [-0.05, 0) is 24.5 Å². The first kappa shape index (κ1) is 15.1. The lowest BCUT2D eigenvalue weighted by Crippen LogP contribution is -2.49. The maximum absolute atomic E-state index is 11.8. The van der Waals surface area contributed by atoms with Crippen molar-refractivity contribution in [3.63, 3.8) is 0 Å². The van der Waals surface area contributed by atoms with E-state index >= 15 is 0 Å². The smallest absolute Gasteiger partial charge is 0.315 e. The van der Waals surface area contributed by atoms with Gasteiger partial charge in [0.15, 0.2) is 0 Å². The summed E-state index contributed by atoms with van der Waals surface area (Å²) in [6, 6.07) is -0.359. The lowest BCUT2D eigenvalue weighted by atomic mass is 10.0. The molecule has 0 radical (unpaired) electrons. The fourth-order valence-corrected chi connectivity index (χ4v) is 2.96. The highest BCUT2D eigenvalue weighted by Crippen LogP contribution is 2.16. The second-order valence-corrected chi connectivity index (χ2v) is 6.13. The lowest BCUT2D eigenvalue weighted by Gasteiger charge is -2.25. The minimum Gasteiger partial charge on any atom is -0.481 e. The van der Waals surface area contributed by atoms with E-state index in [9.17, 15) is 9.59 Å². The van der Waals surface area contributed by atoms with Crippen LogP contribution in [0, 0.1) is 5.92 Å². The number of nitrogens with one attached hydrogen (secondary N) is 2. The number of urea groups is 1. The van der Waals surface area contributed by atoms with E-state index in [1.54, 1.807) is 0 Å². The molecular weight excluding hydrogens is 252 g/mol. The Labute approximate surface area is 112 Å². The van der Waals surface area contributed by atoms with Crippen molar-refractivity contribution < 1.29 is 14.7 Å². The van der Waals surface area contributed by atoms with Crippen molar-refractivity contribution in [2.45, 2.75) is 45.2 Å². The van der Waals surface area contributed by atoms with Crippen molar-refractivity contribution in [3.8, 4) is 0 Å². The summed E-state index contributed by atoms with van der Waals surface area (Å²) >= 11 is 1.84. The largest absolute Gasteiger partial charge is 0.481 e. The summed E-state index contributed by atoms with van der Waals surface area (Å²) in [5, 5.41) is 14.5. The van der Waals surface area contributed by atoms with Crippen LogP contribution in [0.2, 0.25) is 0 Å². The van der Waals surface area contributed by atoms with Crippen molar-refractivity contribution in [1.29, 1.82) is 0 Å². The highest BCUT2D eigenvalue weighted by atomic mass is 32.2. The number of hydrogen-bond acceptors (Lipinski definition) is 3. The molecule has 1 rings (SSSR count). The van der Waals surface area contributed by atoms with E-state index in [1.165, 1.54) is 0 Å². The molecule has 0 aliphatic carbocycles. The van der Waals surface area contributed by atoms with E-state index in [0.29, 0.717) is 0 Å². The minimum absolute atomic E-state index is 0.0372. The van der Waals surface area contributed by atoms with E-state index in [1.807, 2.05) is 25.6 Å². The highest BCUT2D eigenvalue weighted by Gasteiger charge is 2.21. The summed E-state index contributed by atoms with van der Waals surface area (Å²) in [5.74, 6) is 1.32. The van der Waals surface area contributed by atoms with E-state index in [-0.39, 0.29) is 30.5 Å². The van der Waals surface area contributed by atoms with Gasteiger partial charge >= 0.3 is 12.0 Å². The van der Waals surface area contributed by atoms with Crippen molar-refractivity contribution in [2.24, 2.45) is 5.92 Å². The Morgan fingerprint density at radius 1 is 1.44 bits per heavy atom. The van der Waals surface area contributed by atoms with E-state index in [0.717, 1.165) is 24.3 Å². The number of aliphatic carboxylic acids is 1. The summed E-state index contributed by atoms with van der Waals surface area (Å²) in [7, 11) is 0. The van der Waals surface area contributed by atoms with Crippen LogP contribution < -0.4 is 10.6 Å². The van der Waals surface area contributed by atoms with Gasteiger partial charge in [0.05, 0.1) is 6.42 Å². The van der Waals surface area contributed by atoms with Gasteiger partial charge in [-0.2, -0.15) is 11.8 Å². The Morgan fingerprint density at radius 3 is 2.67 bits per heavy atom. The Hall–Kier alpha value is -0.910. The summed E-state index contributed by atoms with van der Waals surface area (Å²) < 4.78 is 0. The Balaban J connectivity index is 2.37. The molecule has 0 saturated carbocycles. The first-order valence-corrected chi connectivity index (χ1v) is 7.51. The van der Waals surface area contributed by atoms with Crippen LogP contribution in [0.1, 0.15) is 33.1 Å². The minimum atomic E-state index is -0.887. The quantitative estimate of drug-likeness (QED) is 0.713. The number of carbonyl (C=O) groups excluding carboxylic acids is 1. The normalized spacial score (nSPS) is 21.4. The summed E-state index contributed by atoms with van der Waals surface area (Å²) in [5.41, 5.74) is 0. The van der Waals surface area contributed by atoms with E-state index in [2.05, 4.69) is 10.6 Å². The lowest BCUT2D eigenvalue weighted by molar-refractivity contribution is -0.137. The molecule has 1 heterocycles. The molecule has 5 nitrogen and oxygen atoms in total. The molecule has 1 saturated heterocycles. The molecule has 0 aromatic heterocycles. The molecule has 104 valence electrons. The Kier molecular flexibility index (Phi) is 6.32. The Morgan fingerprint density at radius 2 is 2.17 bits per heavy atom. The monoisotopic (exact) mass is 274 g/mol. The standard InChI is InChI=1S/C12H22N2O3S/c1-8(2)10(6-11(15)16)14-12(17)13-9-4-3-5-18-7-9/h8-10H,3-7H2,1-2H3,(H,15,16)(H2,13,14,17). The van der Waals surface area contributed by atoms with Crippen LogP contribution in [-0.2, 0) is 4.79 Å². The number of hydrogen-bond donors (Lipinski definition) is 3. The fourth-order valence-electron chi connectivity index (χ4n) is 1.89. The first-order chi connectivity index (χ1) is 8.49. The van der Waals surface area contributed by atoms with Gasteiger partial charge in [0.1, 0.15) is 0 Å².